The van der Waals surface area contributed by atoms with Gasteiger partial charge in [-0.25, -0.2) is 0 Å². The summed E-state index contributed by atoms with van der Waals surface area (Å²) in [5.41, 5.74) is 5.40. The van der Waals surface area contributed by atoms with Crippen molar-refractivity contribution in [3.8, 4) is 6.01 Å². The summed E-state index contributed by atoms with van der Waals surface area (Å²) in [7, 11) is 0. The van der Waals surface area contributed by atoms with Crippen LogP contribution in [-0.4, -0.2) is 32.6 Å². The Bertz CT molecular complexity index is 294. The lowest BCUT2D eigenvalue weighted by Crippen LogP contribution is -2.32. The molecule has 0 saturated carbocycles. The third-order valence-corrected chi connectivity index (χ3v) is 1.85. The van der Waals surface area contributed by atoms with E-state index < -0.39 is 0 Å². The molecule has 1 rings (SSSR count). The zero-order chi connectivity index (χ0) is 10.7. The minimum Gasteiger partial charge on any atom is -0.479 e. The van der Waals surface area contributed by atoms with Gasteiger partial charge in [0.15, 0.2) is 0 Å². The van der Waals surface area contributed by atoms with E-state index >= 15 is 0 Å². The molecule has 14 heavy (non-hydrogen) atoms. The SMILES string of the molecule is CCN(c1nc(N)nc(O)n1)C(C)C. The second-order valence-corrected chi connectivity index (χ2v) is 3.17. The lowest BCUT2D eigenvalue weighted by Gasteiger charge is -2.24. The second-order valence-electron chi connectivity index (χ2n) is 3.17. The molecule has 6 heteroatoms. The molecular formula is C8H15N5O. The van der Waals surface area contributed by atoms with Crippen molar-refractivity contribution in [2.24, 2.45) is 0 Å². The standard InChI is InChI=1S/C8H15N5O/c1-4-13(5(2)3)7-10-6(9)11-8(14)12-7/h5H,4H2,1-3H3,(H3,9,10,11,12,14). The Labute approximate surface area is 82.8 Å². The number of nitrogen functional groups attached to an aromatic ring is 1. The van der Waals surface area contributed by atoms with Gasteiger partial charge in [-0.3, -0.25) is 0 Å². The average Bonchev–Trinajstić information content (AvgIpc) is 2.02. The van der Waals surface area contributed by atoms with Gasteiger partial charge in [-0.1, -0.05) is 0 Å². The molecule has 0 aliphatic carbocycles. The highest BCUT2D eigenvalue weighted by atomic mass is 16.3. The van der Waals surface area contributed by atoms with Crippen LogP contribution in [0.15, 0.2) is 0 Å². The maximum atomic E-state index is 9.15. The topological polar surface area (TPSA) is 88.2 Å². The van der Waals surface area contributed by atoms with E-state index in [-0.39, 0.29) is 18.0 Å². The van der Waals surface area contributed by atoms with Crippen molar-refractivity contribution in [2.45, 2.75) is 26.8 Å². The number of rotatable bonds is 3. The molecule has 0 amide bonds. The van der Waals surface area contributed by atoms with E-state index in [9.17, 15) is 0 Å². The minimum atomic E-state index is -0.341. The van der Waals surface area contributed by atoms with Crippen LogP contribution in [0.25, 0.3) is 0 Å². The fourth-order valence-corrected chi connectivity index (χ4v) is 1.24. The Morgan fingerprint density at radius 3 is 2.43 bits per heavy atom. The monoisotopic (exact) mass is 197 g/mol. The number of hydrogen-bond acceptors (Lipinski definition) is 6. The molecule has 0 aromatic carbocycles. The van der Waals surface area contributed by atoms with Gasteiger partial charge < -0.3 is 15.7 Å². The minimum absolute atomic E-state index is 0.0339. The molecule has 6 nitrogen and oxygen atoms in total. The lowest BCUT2D eigenvalue weighted by molar-refractivity contribution is 0.428. The van der Waals surface area contributed by atoms with E-state index in [0.717, 1.165) is 6.54 Å². The van der Waals surface area contributed by atoms with Crippen LogP contribution in [-0.2, 0) is 0 Å². The predicted molar refractivity (Wildman–Crippen MR) is 54.1 cm³/mol. The molecule has 0 fully saturated rings. The number of hydrogen-bond donors (Lipinski definition) is 2. The third-order valence-electron chi connectivity index (χ3n) is 1.85. The highest BCUT2D eigenvalue weighted by Crippen LogP contribution is 2.14. The van der Waals surface area contributed by atoms with Crippen LogP contribution in [0.3, 0.4) is 0 Å². The number of nitrogens with zero attached hydrogens (tertiary/aromatic N) is 4. The molecule has 78 valence electrons. The van der Waals surface area contributed by atoms with Gasteiger partial charge in [0, 0.05) is 12.6 Å². The van der Waals surface area contributed by atoms with Crippen LogP contribution in [0, 0.1) is 0 Å². The van der Waals surface area contributed by atoms with Crippen molar-refractivity contribution >= 4 is 11.9 Å². The molecule has 0 saturated heterocycles. The van der Waals surface area contributed by atoms with E-state index in [1.165, 1.54) is 0 Å². The molecular weight excluding hydrogens is 182 g/mol. The van der Waals surface area contributed by atoms with Gasteiger partial charge in [0.2, 0.25) is 11.9 Å². The van der Waals surface area contributed by atoms with E-state index in [2.05, 4.69) is 15.0 Å². The molecule has 1 aromatic rings. The van der Waals surface area contributed by atoms with E-state index in [1.807, 2.05) is 25.7 Å². The van der Waals surface area contributed by atoms with Gasteiger partial charge >= 0.3 is 6.01 Å². The number of anilines is 2. The number of aromatic hydroxyl groups is 1. The molecule has 1 heterocycles. The maximum Gasteiger partial charge on any atom is 0.320 e. The summed E-state index contributed by atoms with van der Waals surface area (Å²) in [4.78, 5) is 13.2. The first kappa shape index (κ1) is 10.5. The van der Waals surface area contributed by atoms with Gasteiger partial charge in [-0.05, 0) is 20.8 Å². The summed E-state index contributed by atoms with van der Waals surface area (Å²) in [5, 5.41) is 9.15. The first-order valence-electron chi connectivity index (χ1n) is 4.51. The van der Waals surface area contributed by atoms with Crippen molar-refractivity contribution in [2.75, 3.05) is 17.2 Å². The molecule has 0 atom stereocenters. The fraction of sp³-hybridized carbons (Fsp3) is 0.625. The molecule has 0 spiro atoms. The van der Waals surface area contributed by atoms with Gasteiger partial charge in [0.1, 0.15) is 0 Å². The Morgan fingerprint density at radius 1 is 1.36 bits per heavy atom. The fourth-order valence-electron chi connectivity index (χ4n) is 1.24. The molecule has 1 aromatic heterocycles. The predicted octanol–water partition coefficient (Wildman–Crippen LogP) is 0.394. The van der Waals surface area contributed by atoms with Crippen molar-refractivity contribution in [1.29, 1.82) is 0 Å². The van der Waals surface area contributed by atoms with Crippen molar-refractivity contribution in [1.82, 2.24) is 15.0 Å². The van der Waals surface area contributed by atoms with Crippen molar-refractivity contribution in [3.05, 3.63) is 0 Å². The Morgan fingerprint density at radius 2 is 2.00 bits per heavy atom. The molecule has 0 radical (unpaired) electrons. The largest absolute Gasteiger partial charge is 0.479 e. The van der Waals surface area contributed by atoms with Crippen LogP contribution in [0.2, 0.25) is 0 Å². The normalized spacial score (nSPS) is 10.6. The Balaban J connectivity index is 3.04. The van der Waals surface area contributed by atoms with Crippen LogP contribution in [0.4, 0.5) is 11.9 Å². The summed E-state index contributed by atoms with van der Waals surface area (Å²) in [6.45, 7) is 6.76. The van der Waals surface area contributed by atoms with Crippen LogP contribution < -0.4 is 10.6 Å². The smallest absolute Gasteiger partial charge is 0.320 e. The number of aromatic nitrogens is 3. The number of nitrogens with two attached hydrogens (primary N) is 1. The summed E-state index contributed by atoms with van der Waals surface area (Å²) in [5.74, 6) is 0.444. The van der Waals surface area contributed by atoms with E-state index in [4.69, 9.17) is 10.8 Å². The Kier molecular flexibility index (Phi) is 3.06. The van der Waals surface area contributed by atoms with Crippen LogP contribution in [0.5, 0.6) is 6.01 Å². The zero-order valence-electron chi connectivity index (χ0n) is 8.60. The summed E-state index contributed by atoms with van der Waals surface area (Å²) < 4.78 is 0. The second kappa shape index (κ2) is 4.08. The van der Waals surface area contributed by atoms with Crippen LogP contribution >= 0.6 is 0 Å². The van der Waals surface area contributed by atoms with Gasteiger partial charge in [-0.15, -0.1) is 0 Å². The zero-order valence-corrected chi connectivity index (χ0v) is 8.60. The van der Waals surface area contributed by atoms with Gasteiger partial charge in [0.25, 0.3) is 0 Å². The maximum absolute atomic E-state index is 9.15. The first-order chi connectivity index (χ1) is 6.54. The third kappa shape index (κ3) is 2.21. The molecule has 0 unspecified atom stereocenters. The van der Waals surface area contributed by atoms with E-state index in [0.29, 0.717) is 5.95 Å². The highest BCUT2D eigenvalue weighted by Gasteiger charge is 2.13. The molecule has 0 aliphatic rings. The quantitative estimate of drug-likeness (QED) is 0.729. The van der Waals surface area contributed by atoms with E-state index in [1.54, 1.807) is 0 Å². The average molecular weight is 197 g/mol. The first-order valence-corrected chi connectivity index (χ1v) is 4.51. The highest BCUT2D eigenvalue weighted by molar-refractivity contribution is 5.36. The molecule has 3 N–H and O–H groups in total. The lowest BCUT2D eigenvalue weighted by atomic mass is 10.3. The van der Waals surface area contributed by atoms with Crippen molar-refractivity contribution < 1.29 is 5.11 Å². The summed E-state index contributed by atoms with van der Waals surface area (Å²) >= 11 is 0. The molecule has 0 aliphatic heterocycles. The Hall–Kier alpha value is -1.59. The van der Waals surface area contributed by atoms with Gasteiger partial charge in [-0.2, -0.15) is 15.0 Å². The van der Waals surface area contributed by atoms with Crippen LogP contribution in [0.1, 0.15) is 20.8 Å². The molecule has 0 bridgehead atoms. The van der Waals surface area contributed by atoms with Gasteiger partial charge in [0.05, 0.1) is 0 Å². The summed E-state index contributed by atoms with van der Waals surface area (Å²) in [6, 6.07) is -0.0900. The summed E-state index contributed by atoms with van der Waals surface area (Å²) in [6.07, 6.45) is 0. The van der Waals surface area contributed by atoms with Crippen molar-refractivity contribution in [3.63, 3.8) is 0 Å².